The van der Waals surface area contributed by atoms with Crippen LogP contribution >= 0.6 is 12.4 Å². The zero-order valence-electron chi connectivity index (χ0n) is 12.2. The van der Waals surface area contributed by atoms with Gasteiger partial charge in [0.05, 0.1) is 11.0 Å². The molecule has 1 aromatic rings. The second-order valence-corrected chi connectivity index (χ2v) is 5.68. The van der Waals surface area contributed by atoms with Gasteiger partial charge in [-0.2, -0.15) is 13.2 Å². The van der Waals surface area contributed by atoms with Crippen molar-refractivity contribution in [3.05, 3.63) is 35.4 Å². The van der Waals surface area contributed by atoms with E-state index in [9.17, 15) is 18.0 Å². The molecule has 0 spiro atoms. The van der Waals surface area contributed by atoms with Crippen molar-refractivity contribution in [1.29, 1.82) is 0 Å². The molecule has 0 bridgehead atoms. The monoisotopic (exact) mass is 336 g/mol. The number of hydrogen-bond donors (Lipinski definition) is 2. The predicted molar refractivity (Wildman–Crippen MR) is 80.9 cm³/mol. The van der Waals surface area contributed by atoms with E-state index < -0.39 is 17.2 Å². The second kappa shape index (κ2) is 6.87. The van der Waals surface area contributed by atoms with Gasteiger partial charge in [0, 0.05) is 12.6 Å². The lowest BCUT2D eigenvalue weighted by Gasteiger charge is -2.18. The molecule has 7 heteroatoms. The van der Waals surface area contributed by atoms with Crippen LogP contribution in [0.25, 0.3) is 0 Å². The van der Waals surface area contributed by atoms with Crippen molar-refractivity contribution < 1.29 is 18.0 Å². The number of halogens is 4. The predicted octanol–water partition coefficient (Wildman–Crippen LogP) is 3.01. The molecule has 22 heavy (non-hydrogen) atoms. The Morgan fingerprint density at radius 1 is 1.41 bits per heavy atom. The van der Waals surface area contributed by atoms with E-state index in [0.29, 0.717) is 31.4 Å². The number of hydrogen-bond acceptors (Lipinski definition) is 2. The number of nitrogens with two attached hydrogens (primary N) is 1. The molecule has 3 nitrogen and oxygen atoms in total. The molecule has 1 aliphatic carbocycles. The van der Waals surface area contributed by atoms with Crippen molar-refractivity contribution in [3.8, 4) is 0 Å². The van der Waals surface area contributed by atoms with Crippen LogP contribution in [0.1, 0.15) is 37.3 Å². The second-order valence-electron chi connectivity index (χ2n) is 5.68. The van der Waals surface area contributed by atoms with Crippen molar-refractivity contribution in [2.24, 2.45) is 5.73 Å². The van der Waals surface area contributed by atoms with Crippen molar-refractivity contribution in [1.82, 2.24) is 5.32 Å². The minimum Gasteiger partial charge on any atom is -0.355 e. The smallest absolute Gasteiger partial charge is 0.355 e. The first-order valence-electron chi connectivity index (χ1n) is 6.97. The fraction of sp³-hybridized carbons (Fsp3) is 0.533. The Hall–Kier alpha value is -1.27. The molecule has 0 saturated heterocycles. The summed E-state index contributed by atoms with van der Waals surface area (Å²) in [6.45, 7) is 2.28. The van der Waals surface area contributed by atoms with E-state index in [1.54, 1.807) is 6.07 Å². The van der Waals surface area contributed by atoms with Crippen molar-refractivity contribution in [2.75, 3.05) is 6.54 Å². The van der Waals surface area contributed by atoms with Gasteiger partial charge in [-0.15, -0.1) is 12.4 Å². The number of nitrogens with one attached hydrogen (secondary N) is 1. The van der Waals surface area contributed by atoms with Crippen LogP contribution in [0.2, 0.25) is 0 Å². The minimum atomic E-state index is -4.39. The molecule has 1 aromatic carbocycles. The Kier molecular flexibility index (Phi) is 5.87. The molecular formula is C15H20ClF3N2O. The van der Waals surface area contributed by atoms with E-state index in [1.165, 1.54) is 6.07 Å². The summed E-state index contributed by atoms with van der Waals surface area (Å²) in [4.78, 5) is 12.2. The number of rotatable bonds is 5. The van der Waals surface area contributed by atoms with E-state index in [4.69, 9.17) is 5.73 Å². The number of carbonyl (C=O) groups excluding carboxylic acids is 1. The van der Waals surface area contributed by atoms with Gasteiger partial charge in [-0.3, -0.25) is 4.79 Å². The van der Waals surface area contributed by atoms with Crippen molar-refractivity contribution >= 4 is 18.3 Å². The highest BCUT2D eigenvalue weighted by Crippen LogP contribution is 2.49. The minimum absolute atomic E-state index is 0. The van der Waals surface area contributed by atoms with Gasteiger partial charge in [0.25, 0.3) is 0 Å². The quantitative estimate of drug-likeness (QED) is 0.868. The highest BCUT2D eigenvalue weighted by molar-refractivity contribution is 5.91. The number of amides is 1. The third-order valence-corrected chi connectivity index (χ3v) is 3.81. The number of benzene rings is 1. The highest BCUT2D eigenvalue weighted by atomic mass is 35.5. The van der Waals surface area contributed by atoms with Gasteiger partial charge < -0.3 is 11.1 Å². The average molecular weight is 337 g/mol. The molecule has 1 atom stereocenters. The fourth-order valence-electron chi connectivity index (χ4n) is 2.35. The van der Waals surface area contributed by atoms with Crippen molar-refractivity contribution in [3.63, 3.8) is 0 Å². The molecule has 0 aromatic heterocycles. The topological polar surface area (TPSA) is 55.1 Å². The van der Waals surface area contributed by atoms with Gasteiger partial charge >= 0.3 is 6.18 Å². The van der Waals surface area contributed by atoms with Crippen LogP contribution in [0, 0.1) is 0 Å². The van der Waals surface area contributed by atoms with Crippen LogP contribution in [-0.2, 0) is 16.4 Å². The van der Waals surface area contributed by atoms with Gasteiger partial charge in [0.1, 0.15) is 0 Å². The Morgan fingerprint density at radius 2 is 2.05 bits per heavy atom. The Labute approximate surface area is 133 Å². The molecular weight excluding hydrogens is 317 g/mol. The van der Waals surface area contributed by atoms with Gasteiger partial charge in [0.2, 0.25) is 5.91 Å². The Bertz CT molecular complexity index is 528. The van der Waals surface area contributed by atoms with Crippen LogP contribution in [-0.4, -0.2) is 18.5 Å². The summed E-state index contributed by atoms with van der Waals surface area (Å²) < 4.78 is 38.3. The summed E-state index contributed by atoms with van der Waals surface area (Å²) in [6, 6.07) is 5.03. The van der Waals surface area contributed by atoms with Crippen molar-refractivity contribution in [2.45, 2.75) is 43.8 Å². The number of alkyl halides is 3. The van der Waals surface area contributed by atoms with E-state index in [0.717, 1.165) is 12.1 Å². The molecule has 1 aliphatic rings. The maximum atomic E-state index is 12.8. The lowest BCUT2D eigenvalue weighted by Crippen LogP contribution is -2.37. The summed E-state index contributed by atoms with van der Waals surface area (Å²) in [5.41, 5.74) is 4.54. The molecule has 3 N–H and O–H groups in total. The summed E-state index contributed by atoms with van der Waals surface area (Å²) in [5.74, 6) is -0.206. The molecule has 0 heterocycles. The highest BCUT2D eigenvalue weighted by Gasteiger charge is 2.51. The first kappa shape index (κ1) is 18.8. The standard InChI is InChI=1S/C15H19F3N2O.ClH/c1-10(19)5-8-20-13(21)14(6-7-14)11-3-2-4-12(9-11)15(16,17)18;/h2-4,9-10H,5-8,19H2,1H3,(H,20,21);1H. The normalized spacial score (nSPS) is 17.3. The molecule has 1 fully saturated rings. The third kappa shape index (κ3) is 4.14. The average Bonchev–Trinajstić information content (AvgIpc) is 3.19. The van der Waals surface area contributed by atoms with Crippen LogP contribution in [0.3, 0.4) is 0 Å². The first-order chi connectivity index (χ1) is 9.75. The third-order valence-electron chi connectivity index (χ3n) is 3.81. The Morgan fingerprint density at radius 3 is 2.55 bits per heavy atom. The van der Waals surface area contributed by atoms with Crippen LogP contribution in [0.15, 0.2) is 24.3 Å². The molecule has 1 amide bonds. The zero-order chi connectivity index (χ0) is 15.7. The first-order valence-corrected chi connectivity index (χ1v) is 6.97. The molecule has 0 radical (unpaired) electrons. The molecule has 0 aliphatic heterocycles. The Balaban J connectivity index is 0.00000242. The van der Waals surface area contributed by atoms with Gasteiger partial charge in [-0.05, 0) is 37.8 Å². The maximum absolute atomic E-state index is 12.8. The molecule has 1 saturated carbocycles. The summed E-state index contributed by atoms with van der Waals surface area (Å²) in [5, 5.41) is 2.77. The molecule has 1 unspecified atom stereocenters. The van der Waals surface area contributed by atoms with Crippen LogP contribution in [0.4, 0.5) is 13.2 Å². The zero-order valence-corrected chi connectivity index (χ0v) is 13.1. The van der Waals surface area contributed by atoms with Gasteiger partial charge in [-0.1, -0.05) is 18.2 Å². The van der Waals surface area contributed by atoms with Gasteiger partial charge in [0.15, 0.2) is 0 Å². The summed E-state index contributed by atoms with van der Waals surface area (Å²) in [7, 11) is 0. The molecule has 2 rings (SSSR count). The summed E-state index contributed by atoms with van der Waals surface area (Å²) in [6.07, 6.45) is -2.58. The lowest BCUT2D eigenvalue weighted by atomic mass is 9.93. The maximum Gasteiger partial charge on any atom is 0.416 e. The summed E-state index contributed by atoms with van der Waals surface area (Å²) >= 11 is 0. The lowest BCUT2D eigenvalue weighted by molar-refractivity contribution is -0.137. The van der Waals surface area contributed by atoms with E-state index in [-0.39, 0.29) is 24.4 Å². The van der Waals surface area contributed by atoms with Crippen LogP contribution in [0.5, 0.6) is 0 Å². The number of carbonyl (C=O) groups is 1. The van der Waals surface area contributed by atoms with Crippen LogP contribution < -0.4 is 11.1 Å². The van der Waals surface area contributed by atoms with E-state index in [2.05, 4.69) is 5.32 Å². The fourth-order valence-corrected chi connectivity index (χ4v) is 2.35. The van der Waals surface area contributed by atoms with E-state index >= 15 is 0 Å². The van der Waals surface area contributed by atoms with Gasteiger partial charge in [-0.25, -0.2) is 0 Å². The largest absolute Gasteiger partial charge is 0.416 e. The SMILES string of the molecule is CC(N)CCNC(=O)C1(c2cccc(C(F)(F)F)c2)CC1.Cl. The van der Waals surface area contributed by atoms with E-state index in [1.807, 2.05) is 6.92 Å². The molecule has 124 valence electrons.